The molecular formula is C26H34N4O4S2. The zero-order valence-electron chi connectivity index (χ0n) is 21.4. The highest BCUT2D eigenvalue weighted by Gasteiger charge is 2.33. The third-order valence-corrected chi connectivity index (χ3v) is 9.97. The number of carbonyl (C=O) groups is 1. The summed E-state index contributed by atoms with van der Waals surface area (Å²) in [5.41, 5.74) is 7.97. The van der Waals surface area contributed by atoms with E-state index in [1.54, 1.807) is 38.1 Å². The standard InChI is InChI=1S/C26H34N4O4S2/c1-15-7-10-30(11-8-15)26(31)21(14-19-13-20-23(35-19)6-9-28-25(20)27)29-36(32,33)24-16(2)12-22(34-5)17(3)18(24)4/h6,9,12-13,15,21,29H,7-8,10-11,14H2,1-5H3,(H2,27,28). The predicted octanol–water partition coefficient (Wildman–Crippen LogP) is 3.96. The number of nitrogen functional groups attached to an aromatic ring is 1. The van der Waals surface area contributed by atoms with Gasteiger partial charge in [-0.2, -0.15) is 4.72 Å². The predicted molar refractivity (Wildman–Crippen MR) is 144 cm³/mol. The molecule has 3 aromatic rings. The van der Waals surface area contributed by atoms with E-state index in [1.807, 2.05) is 19.1 Å². The van der Waals surface area contributed by atoms with Crippen LogP contribution in [0.3, 0.4) is 0 Å². The second kappa shape index (κ2) is 10.4. The molecule has 0 bridgehead atoms. The molecule has 8 nitrogen and oxygen atoms in total. The summed E-state index contributed by atoms with van der Waals surface area (Å²) in [5, 5.41) is 0.816. The number of hydrogen-bond donors (Lipinski definition) is 2. The Labute approximate surface area is 216 Å². The fraction of sp³-hybridized carbons (Fsp3) is 0.462. The number of ether oxygens (including phenoxy) is 1. The van der Waals surface area contributed by atoms with Gasteiger partial charge in [-0.15, -0.1) is 11.3 Å². The number of nitrogens with one attached hydrogen (secondary N) is 1. The Kier molecular flexibility index (Phi) is 7.59. The van der Waals surface area contributed by atoms with Crippen molar-refractivity contribution in [2.24, 2.45) is 5.92 Å². The van der Waals surface area contributed by atoms with Crippen LogP contribution in [0.5, 0.6) is 5.75 Å². The number of pyridine rings is 1. The lowest BCUT2D eigenvalue weighted by Gasteiger charge is -2.33. The number of hydrogen-bond acceptors (Lipinski definition) is 7. The Morgan fingerprint density at radius 1 is 1.25 bits per heavy atom. The van der Waals surface area contributed by atoms with Crippen molar-refractivity contribution in [3.63, 3.8) is 0 Å². The molecule has 3 heterocycles. The first kappa shape index (κ1) is 26.4. The summed E-state index contributed by atoms with van der Waals surface area (Å²) in [4.78, 5) is 20.7. The monoisotopic (exact) mass is 530 g/mol. The number of aromatic nitrogens is 1. The van der Waals surface area contributed by atoms with Crippen molar-refractivity contribution in [1.82, 2.24) is 14.6 Å². The van der Waals surface area contributed by atoms with Crippen molar-refractivity contribution in [1.29, 1.82) is 0 Å². The van der Waals surface area contributed by atoms with Gasteiger partial charge in [-0.3, -0.25) is 4.79 Å². The van der Waals surface area contributed by atoms with Crippen LogP contribution in [-0.2, 0) is 21.2 Å². The Bertz CT molecular complexity index is 1390. The largest absolute Gasteiger partial charge is 0.496 e. The first-order chi connectivity index (χ1) is 17.0. The molecule has 1 aliphatic rings. The van der Waals surface area contributed by atoms with Gasteiger partial charge in [-0.25, -0.2) is 13.4 Å². The van der Waals surface area contributed by atoms with E-state index in [1.165, 1.54) is 11.3 Å². The molecule has 194 valence electrons. The number of carbonyl (C=O) groups excluding carboxylic acids is 1. The molecule has 3 N–H and O–H groups in total. The van der Waals surface area contributed by atoms with Crippen LogP contribution in [0, 0.1) is 26.7 Å². The number of piperidine rings is 1. The number of methoxy groups -OCH3 is 1. The zero-order valence-corrected chi connectivity index (χ0v) is 23.1. The van der Waals surface area contributed by atoms with Crippen LogP contribution in [0.4, 0.5) is 5.82 Å². The van der Waals surface area contributed by atoms with E-state index in [0.717, 1.165) is 33.4 Å². The molecule has 1 fully saturated rings. The maximum atomic E-state index is 13.7. The normalized spacial score (nSPS) is 15.9. The minimum absolute atomic E-state index is 0.190. The second-order valence-corrected chi connectivity index (χ2v) is 12.5. The highest BCUT2D eigenvalue weighted by Crippen LogP contribution is 2.32. The molecule has 10 heteroatoms. The Morgan fingerprint density at radius 2 is 1.94 bits per heavy atom. The lowest BCUT2D eigenvalue weighted by Crippen LogP contribution is -2.51. The number of nitrogens with zero attached hydrogens (tertiary/aromatic N) is 2. The molecule has 0 spiro atoms. The van der Waals surface area contributed by atoms with Gasteiger partial charge in [0, 0.05) is 40.7 Å². The first-order valence-corrected chi connectivity index (χ1v) is 14.4. The number of likely N-dealkylation sites (tertiary alicyclic amines) is 1. The van der Waals surface area contributed by atoms with Gasteiger partial charge < -0.3 is 15.4 Å². The molecule has 0 aliphatic carbocycles. The molecular weight excluding hydrogens is 496 g/mol. The van der Waals surface area contributed by atoms with E-state index >= 15 is 0 Å². The minimum Gasteiger partial charge on any atom is -0.496 e. The van der Waals surface area contributed by atoms with Crippen LogP contribution >= 0.6 is 11.3 Å². The van der Waals surface area contributed by atoms with E-state index in [4.69, 9.17) is 10.5 Å². The Balaban J connectivity index is 1.70. The van der Waals surface area contributed by atoms with Crippen molar-refractivity contribution >= 4 is 43.2 Å². The molecule has 2 aromatic heterocycles. The maximum Gasteiger partial charge on any atom is 0.241 e. The number of amides is 1. The van der Waals surface area contributed by atoms with Gasteiger partial charge in [0.25, 0.3) is 0 Å². The lowest BCUT2D eigenvalue weighted by molar-refractivity contribution is -0.134. The fourth-order valence-corrected chi connectivity index (χ4v) is 7.69. The average molecular weight is 531 g/mol. The number of thiophene rings is 1. The quantitative estimate of drug-likeness (QED) is 0.478. The fourth-order valence-electron chi connectivity index (χ4n) is 4.86. The van der Waals surface area contributed by atoms with Crippen molar-refractivity contribution in [2.45, 2.75) is 57.9 Å². The number of benzene rings is 1. The molecule has 1 amide bonds. The summed E-state index contributed by atoms with van der Waals surface area (Å²) in [6.07, 6.45) is 3.70. The van der Waals surface area contributed by atoms with Crippen LogP contribution in [0.2, 0.25) is 0 Å². The van der Waals surface area contributed by atoms with Gasteiger partial charge in [0.2, 0.25) is 15.9 Å². The van der Waals surface area contributed by atoms with Gasteiger partial charge in [0.05, 0.1) is 12.0 Å². The van der Waals surface area contributed by atoms with Crippen molar-refractivity contribution in [3.8, 4) is 5.75 Å². The second-order valence-electron chi connectivity index (χ2n) is 9.68. The van der Waals surface area contributed by atoms with Crippen LogP contribution in [-0.4, -0.2) is 50.5 Å². The molecule has 1 atom stereocenters. The SMILES string of the molecule is COc1cc(C)c(S(=O)(=O)NC(Cc2cc3c(N)nccc3s2)C(=O)N2CCC(C)CC2)c(C)c1C. The number of fused-ring (bicyclic) bond motifs is 1. The number of sulfonamides is 1. The van der Waals surface area contributed by atoms with Gasteiger partial charge >= 0.3 is 0 Å². The molecule has 1 saturated heterocycles. The number of nitrogens with two attached hydrogens (primary N) is 1. The van der Waals surface area contributed by atoms with Crippen LogP contribution in [0.1, 0.15) is 41.3 Å². The maximum absolute atomic E-state index is 13.7. The number of anilines is 1. The number of aryl methyl sites for hydroxylation is 1. The van der Waals surface area contributed by atoms with Crippen molar-refractivity contribution in [2.75, 3.05) is 25.9 Å². The van der Waals surface area contributed by atoms with Crippen LogP contribution in [0.25, 0.3) is 10.1 Å². The molecule has 36 heavy (non-hydrogen) atoms. The van der Waals surface area contributed by atoms with E-state index in [2.05, 4.69) is 16.6 Å². The first-order valence-electron chi connectivity index (χ1n) is 12.1. The van der Waals surface area contributed by atoms with Crippen LogP contribution in [0.15, 0.2) is 29.3 Å². The van der Waals surface area contributed by atoms with E-state index in [-0.39, 0.29) is 17.2 Å². The van der Waals surface area contributed by atoms with Crippen molar-refractivity contribution < 1.29 is 17.9 Å². The Morgan fingerprint density at radius 3 is 2.58 bits per heavy atom. The van der Waals surface area contributed by atoms with E-state index in [9.17, 15) is 13.2 Å². The summed E-state index contributed by atoms with van der Waals surface area (Å²) >= 11 is 1.50. The zero-order chi connectivity index (χ0) is 26.2. The minimum atomic E-state index is -4.01. The number of rotatable bonds is 7. The van der Waals surface area contributed by atoms with Gasteiger partial charge in [0.1, 0.15) is 17.6 Å². The summed E-state index contributed by atoms with van der Waals surface area (Å²) in [6.45, 7) is 8.77. The summed E-state index contributed by atoms with van der Waals surface area (Å²) in [7, 11) is -2.44. The van der Waals surface area contributed by atoms with Gasteiger partial charge in [-0.05, 0) is 74.4 Å². The highest BCUT2D eigenvalue weighted by molar-refractivity contribution is 7.89. The highest BCUT2D eigenvalue weighted by atomic mass is 32.2. The average Bonchev–Trinajstić information content (AvgIpc) is 3.24. The summed E-state index contributed by atoms with van der Waals surface area (Å²) in [5.74, 6) is 1.41. The Hall–Kier alpha value is -2.69. The molecule has 1 unspecified atom stereocenters. The topological polar surface area (TPSA) is 115 Å². The van der Waals surface area contributed by atoms with Gasteiger partial charge in [-0.1, -0.05) is 6.92 Å². The smallest absolute Gasteiger partial charge is 0.241 e. The molecule has 1 aliphatic heterocycles. The molecule has 4 rings (SSSR count). The third-order valence-electron chi connectivity index (χ3n) is 7.09. The third kappa shape index (κ3) is 5.21. The molecule has 0 saturated carbocycles. The van der Waals surface area contributed by atoms with Crippen molar-refractivity contribution in [3.05, 3.63) is 46.0 Å². The lowest BCUT2D eigenvalue weighted by atomic mass is 9.98. The molecule has 1 aromatic carbocycles. The van der Waals surface area contributed by atoms with Crippen LogP contribution < -0.4 is 15.2 Å². The van der Waals surface area contributed by atoms with E-state index < -0.39 is 16.1 Å². The van der Waals surface area contributed by atoms with Gasteiger partial charge in [0.15, 0.2) is 0 Å². The summed E-state index contributed by atoms with van der Waals surface area (Å²) < 4.78 is 36.6. The molecule has 0 radical (unpaired) electrons. The summed E-state index contributed by atoms with van der Waals surface area (Å²) in [6, 6.07) is 4.57. The van der Waals surface area contributed by atoms with E-state index in [0.29, 0.717) is 41.7 Å².